The molecule has 3 rings (SSSR count). The monoisotopic (exact) mass is 357 g/mol. The van der Waals surface area contributed by atoms with E-state index in [2.05, 4.69) is 46.1 Å². The number of aryl methyl sites for hydroxylation is 1. The van der Waals surface area contributed by atoms with Crippen LogP contribution in [0.5, 0.6) is 0 Å². The molecule has 0 saturated heterocycles. The first-order valence-electron chi connectivity index (χ1n) is 8.39. The molecule has 132 valence electrons. The highest BCUT2D eigenvalue weighted by Crippen LogP contribution is 2.28. The van der Waals surface area contributed by atoms with Crippen molar-refractivity contribution in [1.29, 1.82) is 0 Å². The van der Waals surface area contributed by atoms with Gasteiger partial charge in [0.2, 0.25) is 0 Å². The zero-order valence-corrected chi connectivity index (χ0v) is 15.6. The highest BCUT2D eigenvalue weighted by molar-refractivity contribution is 7.99. The van der Waals surface area contributed by atoms with E-state index in [1.54, 1.807) is 6.33 Å². The average Bonchev–Trinajstić information content (AvgIpc) is 3.24. The molecule has 0 fully saturated rings. The maximum atomic E-state index is 6.00. The topological polar surface area (TPSA) is 60.0 Å². The second-order valence-electron chi connectivity index (χ2n) is 6.06. The summed E-state index contributed by atoms with van der Waals surface area (Å²) in [6.45, 7) is 6.11. The molecule has 0 aliphatic heterocycles. The number of furan rings is 1. The molecular formula is C18H23N5OS. The molecule has 3 aromatic heterocycles. The SMILES string of the molecule is CC[C@@H](C)N(Cc1ccncc1)Cc1ccc(Sc2nncn2C)o1. The van der Waals surface area contributed by atoms with E-state index in [4.69, 9.17) is 4.42 Å². The average molecular weight is 357 g/mol. The molecule has 0 N–H and O–H groups in total. The molecule has 0 saturated carbocycles. The molecule has 3 aromatic rings. The van der Waals surface area contributed by atoms with Crippen LogP contribution < -0.4 is 0 Å². The van der Waals surface area contributed by atoms with Gasteiger partial charge in [0, 0.05) is 32.0 Å². The quantitative estimate of drug-likeness (QED) is 0.612. The number of nitrogens with zero attached hydrogens (tertiary/aromatic N) is 5. The molecular weight excluding hydrogens is 334 g/mol. The summed E-state index contributed by atoms with van der Waals surface area (Å²) >= 11 is 1.48. The van der Waals surface area contributed by atoms with Crippen LogP contribution in [0.15, 0.2) is 57.7 Å². The molecule has 0 radical (unpaired) electrons. The summed E-state index contributed by atoms with van der Waals surface area (Å²) in [5, 5.41) is 9.62. The maximum absolute atomic E-state index is 6.00. The largest absolute Gasteiger partial charge is 0.453 e. The van der Waals surface area contributed by atoms with E-state index in [1.807, 2.05) is 36.1 Å². The van der Waals surface area contributed by atoms with E-state index >= 15 is 0 Å². The second kappa shape index (κ2) is 8.31. The molecule has 0 spiro atoms. The van der Waals surface area contributed by atoms with Crippen LogP contribution in [0.3, 0.4) is 0 Å². The maximum Gasteiger partial charge on any atom is 0.198 e. The van der Waals surface area contributed by atoms with Gasteiger partial charge >= 0.3 is 0 Å². The number of hydrogen-bond acceptors (Lipinski definition) is 6. The molecule has 0 unspecified atom stereocenters. The number of pyridine rings is 1. The van der Waals surface area contributed by atoms with Crippen molar-refractivity contribution in [2.75, 3.05) is 0 Å². The minimum Gasteiger partial charge on any atom is -0.453 e. The van der Waals surface area contributed by atoms with Crippen LogP contribution in [0.25, 0.3) is 0 Å². The Bertz CT molecular complexity index is 786. The van der Waals surface area contributed by atoms with E-state index in [0.29, 0.717) is 6.04 Å². The van der Waals surface area contributed by atoms with Gasteiger partial charge in [0.1, 0.15) is 12.1 Å². The lowest BCUT2D eigenvalue weighted by Crippen LogP contribution is -2.31. The van der Waals surface area contributed by atoms with Gasteiger partial charge in [0.25, 0.3) is 0 Å². The lowest BCUT2D eigenvalue weighted by atomic mass is 10.1. The zero-order valence-electron chi connectivity index (χ0n) is 14.8. The Labute approximate surface area is 152 Å². The number of aromatic nitrogens is 4. The molecule has 25 heavy (non-hydrogen) atoms. The first-order valence-corrected chi connectivity index (χ1v) is 9.21. The van der Waals surface area contributed by atoms with Crippen LogP contribution in [0, 0.1) is 0 Å². The van der Waals surface area contributed by atoms with E-state index in [9.17, 15) is 0 Å². The van der Waals surface area contributed by atoms with Gasteiger partial charge in [-0.05, 0) is 54.9 Å². The Morgan fingerprint density at radius 1 is 1.20 bits per heavy atom. The number of hydrogen-bond donors (Lipinski definition) is 0. The third-order valence-electron chi connectivity index (χ3n) is 4.21. The summed E-state index contributed by atoms with van der Waals surface area (Å²) < 4.78 is 7.88. The fraction of sp³-hybridized carbons (Fsp3) is 0.389. The van der Waals surface area contributed by atoms with Crippen molar-refractivity contribution in [3.8, 4) is 0 Å². The van der Waals surface area contributed by atoms with Gasteiger partial charge in [0.15, 0.2) is 10.2 Å². The predicted octanol–water partition coefficient (Wildman–Crippen LogP) is 3.76. The van der Waals surface area contributed by atoms with Crippen LogP contribution in [0.4, 0.5) is 0 Å². The van der Waals surface area contributed by atoms with Crippen LogP contribution in [-0.4, -0.2) is 30.7 Å². The normalized spacial score (nSPS) is 12.6. The molecule has 0 aliphatic carbocycles. The smallest absolute Gasteiger partial charge is 0.198 e. The molecule has 0 aliphatic rings. The minimum absolute atomic E-state index is 0.466. The van der Waals surface area contributed by atoms with E-state index in [-0.39, 0.29) is 0 Å². The summed E-state index contributed by atoms with van der Waals surface area (Å²) in [6, 6.07) is 8.63. The number of rotatable bonds is 8. The lowest BCUT2D eigenvalue weighted by Gasteiger charge is -2.27. The van der Waals surface area contributed by atoms with Crippen molar-refractivity contribution in [2.24, 2.45) is 7.05 Å². The molecule has 7 heteroatoms. The summed E-state index contributed by atoms with van der Waals surface area (Å²) in [5.74, 6) is 0.957. The summed E-state index contributed by atoms with van der Waals surface area (Å²) in [5.41, 5.74) is 1.26. The third-order valence-corrected chi connectivity index (χ3v) is 5.18. The first kappa shape index (κ1) is 17.7. The van der Waals surface area contributed by atoms with Gasteiger partial charge in [-0.25, -0.2) is 0 Å². The molecule has 0 aromatic carbocycles. The lowest BCUT2D eigenvalue weighted by molar-refractivity contribution is 0.168. The Kier molecular flexibility index (Phi) is 5.88. The third kappa shape index (κ3) is 4.70. The second-order valence-corrected chi connectivity index (χ2v) is 7.04. The summed E-state index contributed by atoms with van der Waals surface area (Å²) in [7, 11) is 1.92. The van der Waals surface area contributed by atoms with Crippen molar-refractivity contribution in [1.82, 2.24) is 24.6 Å². The Morgan fingerprint density at radius 2 is 2.00 bits per heavy atom. The van der Waals surface area contributed by atoms with Crippen molar-refractivity contribution in [3.05, 3.63) is 54.3 Å². The van der Waals surface area contributed by atoms with Crippen molar-refractivity contribution in [2.45, 2.75) is 49.6 Å². The van der Waals surface area contributed by atoms with E-state index < -0.39 is 0 Å². The Balaban J connectivity index is 1.68. The van der Waals surface area contributed by atoms with Crippen LogP contribution in [0.2, 0.25) is 0 Å². The predicted molar refractivity (Wildman–Crippen MR) is 97.1 cm³/mol. The van der Waals surface area contributed by atoms with Crippen LogP contribution in [-0.2, 0) is 20.1 Å². The van der Waals surface area contributed by atoms with Crippen molar-refractivity contribution in [3.63, 3.8) is 0 Å². The van der Waals surface area contributed by atoms with Gasteiger partial charge < -0.3 is 8.98 Å². The van der Waals surface area contributed by atoms with E-state index in [0.717, 1.165) is 35.5 Å². The van der Waals surface area contributed by atoms with Gasteiger partial charge in [-0.2, -0.15) is 0 Å². The zero-order chi connectivity index (χ0) is 17.6. The molecule has 3 heterocycles. The fourth-order valence-electron chi connectivity index (χ4n) is 2.50. The van der Waals surface area contributed by atoms with Crippen molar-refractivity contribution < 1.29 is 4.42 Å². The Hall–Kier alpha value is -2.12. The van der Waals surface area contributed by atoms with Gasteiger partial charge in [-0.15, -0.1) is 10.2 Å². The van der Waals surface area contributed by atoms with Crippen LogP contribution in [0.1, 0.15) is 31.6 Å². The van der Waals surface area contributed by atoms with Gasteiger partial charge in [-0.1, -0.05) is 6.92 Å². The first-order chi connectivity index (χ1) is 12.2. The van der Waals surface area contributed by atoms with Gasteiger partial charge in [-0.3, -0.25) is 9.88 Å². The highest BCUT2D eigenvalue weighted by atomic mass is 32.2. The fourth-order valence-corrected chi connectivity index (χ4v) is 3.25. The van der Waals surface area contributed by atoms with Crippen LogP contribution >= 0.6 is 11.8 Å². The molecule has 1 atom stereocenters. The van der Waals surface area contributed by atoms with E-state index in [1.165, 1.54) is 17.3 Å². The van der Waals surface area contributed by atoms with Gasteiger partial charge in [0.05, 0.1) is 6.54 Å². The highest BCUT2D eigenvalue weighted by Gasteiger charge is 2.16. The molecule has 0 bridgehead atoms. The minimum atomic E-state index is 0.466. The Morgan fingerprint density at radius 3 is 2.68 bits per heavy atom. The van der Waals surface area contributed by atoms with Crippen molar-refractivity contribution >= 4 is 11.8 Å². The molecule has 6 nitrogen and oxygen atoms in total. The standard InChI is InChI=1S/C18H23N5OS/c1-4-14(2)23(11-15-7-9-19-10-8-15)12-16-5-6-17(24-16)25-18-21-20-13-22(18)3/h5-10,13-14H,4,11-12H2,1-3H3/t14-/m1/s1. The summed E-state index contributed by atoms with van der Waals surface area (Å²) in [4.78, 5) is 6.52. The summed E-state index contributed by atoms with van der Waals surface area (Å²) in [6.07, 6.45) is 6.46. The molecule has 0 amide bonds.